The molecule has 2 aromatic heterocycles. The van der Waals surface area contributed by atoms with E-state index in [2.05, 4.69) is 20.5 Å². The van der Waals surface area contributed by atoms with E-state index in [1.165, 1.54) is 0 Å². The molecule has 0 aliphatic rings. The molecule has 0 bridgehead atoms. The number of aryl methyl sites for hydroxylation is 2. The average molecular weight is 283 g/mol. The number of hydrogen-bond acceptors (Lipinski definition) is 3. The highest BCUT2D eigenvalue weighted by Gasteiger charge is 2.19. The van der Waals surface area contributed by atoms with Gasteiger partial charge in [0.1, 0.15) is 6.04 Å². The first-order valence-electron chi connectivity index (χ1n) is 6.82. The van der Waals surface area contributed by atoms with Gasteiger partial charge in [-0.2, -0.15) is 5.10 Å². The average Bonchev–Trinajstić information content (AvgIpc) is 3.05. The van der Waals surface area contributed by atoms with E-state index < -0.39 is 0 Å². The quantitative estimate of drug-likeness (QED) is 0.775. The molecule has 3 rings (SSSR count). The van der Waals surface area contributed by atoms with Crippen LogP contribution in [0.2, 0.25) is 0 Å². The number of imidazole rings is 1. The Kier molecular flexibility index (Phi) is 3.21. The molecule has 1 atom stereocenters. The molecule has 1 amide bonds. The van der Waals surface area contributed by atoms with Crippen molar-refractivity contribution in [3.8, 4) is 0 Å². The molecule has 3 aromatic rings. The number of aromatic nitrogens is 4. The number of hydrogen-bond donors (Lipinski definition) is 2. The summed E-state index contributed by atoms with van der Waals surface area (Å²) in [6, 6.07) is 7.41. The second-order valence-electron chi connectivity index (χ2n) is 5.11. The number of carbonyl (C=O) groups is 1. The molecule has 0 aliphatic heterocycles. The second kappa shape index (κ2) is 5.05. The lowest BCUT2D eigenvalue weighted by atomic mass is 10.2. The summed E-state index contributed by atoms with van der Waals surface area (Å²) in [5.74, 6) is -0.0919. The topological polar surface area (TPSA) is 75.6 Å². The predicted octanol–water partition coefficient (Wildman–Crippen LogP) is 2.58. The summed E-state index contributed by atoms with van der Waals surface area (Å²) in [6.07, 6.45) is 1.70. The maximum Gasteiger partial charge on any atom is 0.247 e. The van der Waals surface area contributed by atoms with Crippen LogP contribution in [-0.4, -0.2) is 25.7 Å². The second-order valence-corrected chi connectivity index (χ2v) is 5.11. The van der Waals surface area contributed by atoms with E-state index in [4.69, 9.17) is 0 Å². The standard InChI is InChI=1S/C15H17N5O/c1-9-14(10(2)19-18-9)17-15(21)11(3)20-8-16-12-6-4-5-7-13(12)20/h4-8,11H,1-3H3,(H,17,21)(H,18,19). The van der Waals surface area contributed by atoms with Crippen LogP contribution in [-0.2, 0) is 4.79 Å². The number of anilines is 1. The first-order chi connectivity index (χ1) is 10.1. The number of nitrogens with one attached hydrogen (secondary N) is 2. The first-order valence-corrected chi connectivity index (χ1v) is 6.82. The zero-order valence-corrected chi connectivity index (χ0v) is 12.2. The van der Waals surface area contributed by atoms with Gasteiger partial charge in [-0.25, -0.2) is 4.98 Å². The molecule has 6 heteroatoms. The first kappa shape index (κ1) is 13.4. The maximum absolute atomic E-state index is 12.5. The fourth-order valence-corrected chi connectivity index (χ4v) is 2.38. The van der Waals surface area contributed by atoms with Crippen molar-refractivity contribution in [1.29, 1.82) is 0 Å². The van der Waals surface area contributed by atoms with Gasteiger partial charge in [-0.15, -0.1) is 0 Å². The van der Waals surface area contributed by atoms with E-state index in [0.717, 1.165) is 28.1 Å². The Hall–Kier alpha value is -2.63. The highest BCUT2D eigenvalue weighted by molar-refractivity contribution is 5.95. The molecule has 0 spiro atoms. The number of H-pyrrole nitrogens is 1. The number of carbonyl (C=O) groups excluding carboxylic acids is 1. The molecule has 0 radical (unpaired) electrons. The predicted molar refractivity (Wildman–Crippen MR) is 81.1 cm³/mol. The fraction of sp³-hybridized carbons (Fsp3) is 0.267. The minimum absolute atomic E-state index is 0.0919. The van der Waals surface area contributed by atoms with Crippen LogP contribution in [0.4, 0.5) is 5.69 Å². The van der Waals surface area contributed by atoms with Gasteiger partial charge in [-0.3, -0.25) is 9.89 Å². The van der Waals surface area contributed by atoms with E-state index >= 15 is 0 Å². The van der Waals surface area contributed by atoms with E-state index in [1.807, 2.05) is 49.6 Å². The van der Waals surface area contributed by atoms with Gasteiger partial charge >= 0.3 is 0 Å². The van der Waals surface area contributed by atoms with Gasteiger partial charge in [0.15, 0.2) is 0 Å². The van der Waals surface area contributed by atoms with Crippen molar-refractivity contribution < 1.29 is 4.79 Å². The molecule has 108 valence electrons. The summed E-state index contributed by atoms with van der Waals surface area (Å²) in [5.41, 5.74) is 4.21. The maximum atomic E-state index is 12.5. The minimum atomic E-state index is -0.355. The van der Waals surface area contributed by atoms with Crippen molar-refractivity contribution in [2.45, 2.75) is 26.8 Å². The van der Waals surface area contributed by atoms with Crippen LogP contribution in [0, 0.1) is 13.8 Å². The van der Waals surface area contributed by atoms with E-state index in [1.54, 1.807) is 6.33 Å². The molecule has 6 nitrogen and oxygen atoms in total. The number of amides is 1. The Labute approximate surface area is 122 Å². The lowest BCUT2D eigenvalue weighted by Gasteiger charge is -2.14. The molecule has 0 fully saturated rings. The number of nitrogens with zero attached hydrogens (tertiary/aromatic N) is 3. The van der Waals surface area contributed by atoms with Crippen LogP contribution >= 0.6 is 0 Å². The number of para-hydroxylation sites is 2. The van der Waals surface area contributed by atoms with Gasteiger partial charge in [-0.05, 0) is 32.9 Å². The summed E-state index contributed by atoms with van der Waals surface area (Å²) < 4.78 is 1.87. The Morgan fingerprint density at radius 3 is 2.81 bits per heavy atom. The summed E-state index contributed by atoms with van der Waals surface area (Å²) in [4.78, 5) is 16.8. The third-order valence-electron chi connectivity index (χ3n) is 3.65. The van der Waals surface area contributed by atoms with Crippen LogP contribution in [0.15, 0.2) is 30.6 Å². The lowest BCUT2D eigenvalue weighted by Crippen LogP contribution is -2.23. The van der Waals surface area contributed by atoms with Crippen molar-refractivity contribution in [2.24, 2.45) is 0 Å². The number of fused-ring (bicyclic) bond motifs is 1. The molecular weight excluding hydrogens is 266 g/mol. The monoisotopic (exact) mass is 283 g/mol. The van der Waals surface area contributed by atoms with Crippen LogP contribution in [0.5, 0.6) is 0 Å². The molecular formula is C15H17N5O. The van der Waals surface area contributed by atoms with Crippen molar-refractivity contribution in [3.63, 3.8) is 0 Å². The zero-order chi connectivity index (χ0) is 15.0. The Morgan fingerprint density at radius 2 is 2.10 bits per heavy atom. The number of rotatable bonds is 3. The fourth-order valence-electron chi connectivity index (χ4n) is 2.38. The summed E-state index contributed by atoms with van der Waals surface area (Å²) in [7, 11) is 0. The molecule has 0 saturated heterocycles. The smallest absolute Gasteiger partial charge is 0.247 e. The third kappa shape index (κ3) is 2.29. The molecule has 0 saturated carbocycles. The summed E-state index contributed by atoms with van der Waals surface area (Å²) in [6.45, 7) is 5.59. The molecule has 1 aromatic carbocycles. The molecule has 0 aliphatic carbocycles. The van der Waals surface area contributed by atoms with Crippen molar-refractivity contribution >= 4 is 22.6 Å². The summed E-state index contributed by atoms with van der Waals surface area (Å²) in [5, 5.41) is 9.87. The highest BCUT2D eigenvalue weighted by Crippen LogP contribution is 2.21. The highest BCUT2D eigenvalue weighted by atomic mass is 16.2. The van der Waals surface area contributed by atoms with Gasteiger partial charge < -0.3 is 9.88 Å². The van der Waals surface area contributed by atoms with Crippen LogP contribution < -0.4 is 5.32 Å². The normalized spacial score (nSPS) is 12.5. The van der Waals surface area contributed by atoms with E-state index in [0.29, 0.717) is 0 Å². The van der Waals surface area contributed by atoms with Gasteiger partial charge in [0.05, 0.1) is 34.4 Å². The van der Waals surface area contributed by atoms with Crippen LogP contribution in [0.3, 0.4) is 0 Å². The Bertz CT molecular complexity index is 782. The third-order valence-corrected chi connectivity index (χ3v) is 3.65. The van der Waals surface area contributed by atoms with Crippen LogP contribution in [0.1, 0.15) is 24.4 Å². The van der Waals surface area contributed by atoms with E-state index in [9.17, 15) is 4.79 Å². The largest absolute Gasteiger partial charge is 0.321 e. The molecule has 21 heavy (non-hydrogen) atoms. The SMILES string of the molecule is Cc1n[nH]c(C)c1NC(=O)C(C)n1cnc2ccccc21. The number of benzene rings is 1. The van der Waals surface area contributed by atoms with Gasteiger partial charge in [0.25, 0.3) is 0 Å². The van der Waals surface area contributed by atoms with Crippen molar-refractivity contribution in [2.75, 3.05) is 5.32 Å². The Balaban J connectivity index is 1.88. The van der Waals surface area contributed by atoms with Crippen molar-refractivity contribution in [3.05, 3.63) is 42.0 Å². The molecule has 1 unspecified atom stereocenters. The minimum Gasteiger partial charge on any atom is -0.321 e. The van der Waals surface area contributed by atoms with E-state index in [-0.39, 0.29) is 11.9 Å². The lowest BCUT2D eigenvalue weighted by molar-refractivity contribution is -0.118. The van der Waals surface area contributed by atoms with Gasteiger partial charge in [0, 0.05) is 0 Å². The molecule has 2 heterocycles. The number of aromatic amines is 1. The van der Waals surface area contributed by atoms with Gasteiger partial charge in [0.2, 0.25) is 5.91 Å². The van der Waals surface area contributed by atoms with Crippen molar-refractivity contribution in [1.82, 2.24) is 19.7 Å². The Morgan fingerprint density at radius 1 is 1.33 bits per heavy atom. The van der Waals surface area contributed by atoms with Gasteiger partial charge in [-0.1, -0.05) is 12.1 Å². The summed E-state index contributed by atoms with van der Waals surface area (Å²) >= 11 is 0. The van der Waals surface area contributed by atoms with Crippen LogP contribution in [0.25, 0.3) is 11.0 Å². The molecule has 2 N–H and O–H groups in total. The zero-order valence-electron chi connectivity index (χ0n) is 12.2.